The fourth-order valence-corrected chi connectivity index (χ4v) is 16.0. The van der Waals surface area contributed by atoms with Gasteiger partial charge in [0.2, 0.25) is 11.9 Å². The average molecular weight is 2060 g/mol. The second-order valence-corrected chi connectivity index (χ2v) is 38.0. The number of nitrogens with zero attached hydrogens (tertiary/aromatic N) is 11. The number of aromatic hydroxyl groups is 2. The third-order valence-electron chi connectivity index (χ3n) is 14.8. The fourth-order valence-electron chi connectivity index (χ4n) is 9.50. The Morgan fingerprint density at radius 3 is 1.23 bits per heavy atom. The molecule has 6 N–H and O–H groups in total. The predicted octanol–water partition coefficient (Wildman–Crippen LogP) is 24.8. The molecule has 586 valence electrons. The van der Waals surface area contributed by atoms with Crippen LogP contribution in [0.5, 0.6) is 28.7 Å². The molecule has 0 atom stereocenters. The largest absolute Gasteiger partial charge is 0.508 e. The van der Waals surface area contributed by atoms with E-state index in [4.69, 9.17) is 32.5 Å². The van der Waals surface area contributed by atoms with Crippen LogP contribution >= 0.6 is 176 Å². The predicted molar refractivity (Wildman–Crippen MR) is 489 cm³/mol. The lowest BCUT2D eigenvalue weighted by molar-refractivity contribution is -0.384. The van der Waals surface area contributed by atoms with E-state index in [1.54, 1.807) is 122 Å². The molecular formula is C78H59BBr6ClF2N13O8S6. The molecule has 0 aliphatic rings. The number of carbonyl (C=O) groups excluding carboxylic acids is 1. The summed E-state index contributed by atoms with van der Waals surface area (Å²) in [5.41, 5.74) is 23.2. The number of aromatic nitrogens is 10. The number of nitro benzene ring substituents is 1. The number of hydrogen-bond acceptors (Lipinski definition) is 26. The van der Waals surface area contributed by atoms with Crippen molar-refractivity contribution in [3.8, 4) is 71.0 Å². The van der Waals surface area contributed by atoms with Gasteiger partial charge in [0.15, 0.2) is 5.13 Å². The van der Waals surface area contributed by atoms with E-state index in [9.17, 15) is 33.9 Å². The summed E-state index contributed by atoms with van der Waals surface area (Å²) < 4.78 is 48.7. The summed E-state index contributed by atoms with van der Waals surface area (Å²) in [5.74, 6) is 1.58. The molecule has 0 aliphatic heterocycles. The number of thiol groups is 1. The van der Waals surface area contributed by atoms with Gasteiger partial charge in [0, 0.05) is 88.1 Å². The first-order chi connectivity index (χ1) is 55.1. The highest BCUT2D eigenvalue weighted by Gasteiger charge is 2.14. The van der Waals surface area contributed by atoms with Crippen LogP contribution in [0.4, 0.5) is 25.3 Å². The van der Waals surface area contributed by atoms with Crippen molar-refractivity contribution in [1.29, 1.82) is 0 Å². The van der Waals surface area contributed by atoms with Crippen LogP contribution in [0.2, 0.25) is 5.02 Å². The molecule has 7 aromatic carbocycles. The molecule has 0 bridgehead atoms. The Balaban J connectivity index is 0.000000151. The summed E-state index contributed by atoms with van der Waals surface area (Å²) in [4.78, 5) is 61.7. The summed E-state index contributed by atoms with van der Waals surface area (Å²) >= 11 is 36.5. The monoisotopic (exact) mass is 2050 g/mol. The molecule has 0 radical (unpaired) electrons. The molecule has 10 heterocycles. The number of pyridine rings is 5. The minimum Gasteiger partial charge on any atom is -0.508 e. The Hall–Kier alpha value is -9.15. The molecule has 0 fully saturated rings. The number of aryl methyl sites for hydroxylation is 3. The lowest BCUT2D eigenvalue weighted by Gasteiger charge is -1.97. The van der Waals surface area contributed by atoms with E-state index in [0.29, 0.717) is 32.5 Å². The summed E-state index contributed by atoms with van der Waals surface area (Å²) in [6.07, 6.45) is 7.91. The number of anilines is 2. The normalized spacial score (nSPS) is 10.3. The summed E-state index contributed by atoms with van der Waals surface area (Å²) in [6, 6.07) is 55.4. The van der Waals surface area contributed by atoms with E-state index >= 15 is 0 Å². The standard InChI is InChI=1S/C13H9BrN2OS.C13H9FN2OS.C12H7BrN2OS.C12H7FN2OS.C8H8N2S.C7H6ClNO2.C7H9NS.C6H4BrNO2.BBr3/c2*1-17-9-2-3-10-11(7-9)18-13(16-10)8-4-5-15-12(14)6-8;2*13-11-5-7(3-4-14-11)12-15-9-2-1-8(16)6-10(9)17-12;1-5-2-3-6-7(4-5)11-8(9)10-6;1-5-2-3-7(9(10)11)6(8)4-5;1-5-2-3-6(8)7(9)4-5;7-6-3-5(10-4-9)1-2-8-6;2-1(3)4/h2*2-7H,1H3;2*1-6,16H;2-4H,1H3,(H2,9,10);2-4H,1H3;2-4,9H,8H2,1H3;1-4H;/i;14-1;;13-1;;;;;. The van der Waals surface area contributed by atoms with Crippen molar-refractivity contribution in [2.45, 2.75) is 25.7 Å². The molecule has 0 spiro atoms. The fraction of sp³-hybridized carbons (Fsp3) is 0.0641. The number of halogens is 9. The number of phenolic OH excluding ortho intramolecular Hbond substituents is 2. The van der Waals surface area contributed by atoms with E-state index in [0.717, 1.165) is 115 Å². The van der Waals surface area contributed by atoms with Gasteiger partial charge >= 0.3 is 3.18 Å². The van der Waals surface area contributed by atoms with Crippen LogP contribution in [0, 0.1) is 42.8 Å². The van der Waals surface area contributed by atoms with Gasteiger partial charge in [-0.25, -0.2) is 49.8 Å². The summed E-state index contributed by atoms with van der Waals surface area (Å²) in [5, 5.41) is 33.3. The van der Waals surface area contributed by atoms with E-state index in [1.807, 2.05) is 111 Å². The van der Waals surface area contributed by atoms with Crippen molar-refractivity contribution < 1.29 is 42.9 Å². The third kappa shape index (κ3) is 28.1. The number of nitrogens with two attached hydrogens (primary N) is 2. The van der Waals surface area contributed by atoms with Crippen molar-refractivity contribution in [3.05, 3.63) is 277 Å². The maximum atomic E-state index is 13.1. The van der Waals surface area contributed by atoms with E-state index in [1.165, 1.54) is 80.4 Å². The number of ether oxygens (including phenoxy) is 3. The molecule has 0 unspecified atom stereocenters. The minimum atomic E-state index is -0.524. The number of carbonyl (C=O) groups is 1. The van der Waals surface area contributed by atoms with Crippen LogP contribution in [-0.4, -0.2) is 88.9 Å². The smallest absolute Gasteiger partial charge is 0.369 e. The average Bonchev–Trinajstić information content (AvgIpc) is 1.69. The van der Waals surface area contributed by atoms with Crippen LogP contribution in [0.1, 0.15) is 16.7 Å². The van der Waals surface area contributed by atoms with Crippen LogP contribution in [0.15, 0.2) is 238 Å². The molecule has 115 heavy (non-hydrogen) atoms. The molecule has 10 aromatic heterocycles. The van der Waals surface area contributed by atoms with Gasteiger partial charge in [-0.05, 0) is 231 Å². The van der Waals surface area contributed by atoms with Crippen LogP contribution in [-0.2, 0) is 4.79 Å². The molecule has 0 saturated carbocycles. The van der Waals surface area contributed by atoms with Gasteiger partial charge in [-0.3, -0.25) is 14.9 Å². The van der Waals surface area contributed by atoms with Crippen molar-refractivity contribution in [2.75, 3.05) is 25.7 Å². The molecule has 17 aromatic rings. The van der Waals surface area contributed by atoms with Crippen molar-refractivity contribution in [1.82, 2.24) is 49.8 Å². The topological polar surface area (TPSA) is 309 Å². The number of rotatable bonds is 9. The van der Waals surface area contributed by atoms with Crippen molar-refractivity contribution in [2.24, 2.45) is 0 Å². The number of nitro groups is 1. The number of phenols is 2. The zero-order chi connectivity index (χ0) is 82.8. The molecule has 21 nitrogen and oxygen atoms in total. The number of hydrogen-bond donors (Lipinski definition) is 5. The zero-order valence-electron chi connectivity index (χ0n) is 60.2. The number of nitrogen functional groups attached to an aromatic ring is 2. The lowest BCUT2D eigenvalue weighted by Crippen LogP contribution is -1.88. The number of methoxy groups -OCH3 is 2. The van der Waals surface area contributed by atoms with Crippen molar-refractivity contribution >= 4 is 253 Å². The van der Waals surface area contributed by atoms with Crippen LogP contribution < -0.4 is 25.7 Å². The quantitative estimate of drug-likeness (QED) is 0.0170. The lowest BCUT2D eigenvalue weighted by atomic mass is 10.2. The highest BCUT2D eigenvalue weighted by molar-refractivity contribution is 9.69. The molecule has 37 heteroatoms. The SMILES string of the molecule is BrB(Br)Br.COc1ccc2nc(-c3ccnc(Br)c3)sc2c1.COc1ccc2nc(-c3ccnc([18F])c3)sc2c1.Cc1ccc(N)c(S)c1.Cc1ccc([N+](=O)[O-])c(Cl)c1.Cc1ccc2nc(N)sc2c1.O=COc1ccnc(Br)c1.Oc1ccc2nc(-c3ccnc(Br)c3)sc2c1.Oc1ccc2nc(-c3ccnc([18F])c3)sc2c1. The summed E-state index contributed by atoms with van der Waals surface area (Å²) in [7, 11) is 3.30. The Labute approximate surface area is 737 Å². The molecular weight excluding hydrogens is 2000 g/mol. The van der Waals surface area contributed by atoms with Gasteiger partial charge in [-0.15, -0.1) is 105 Å². The third-order valence-corrected chi connectivity index (χ3v) is 21.9. The first-order valence-electron chi connectivity index (χ1n) is 32.9. The highest BCUT2D eigenvalue weighted by atomic mass is 79.9. The molecule has 0 aliphatic carbocycles. The molecule has 17 rings (SSSR count). The zero-order valence-corrected chi connectivity index (χ0v) is 75.5. The van der Waals surface area contributed by atoms with Gasteiger partial charge in [-0.2, -0.15) is 8.78 Å². The first kappa shape index (κ1) is 89.8. The second-order valence-electron chi connectivity index (χ2n) is 23.1. The second kappa shape index (κ2) is 44.3. The Bertz CT molecular complexity index is 5940. The van der Waals surface area contributed by atoms with E-state index in [-0.39, 0.29) is 25.4 Å². The number of fused-ring (bicyclic) bond motifs is 5. The minimum absolute atomic E-state index is 0.0442. The Morgan fingerprint density at radius 2 is 0.835 bits per heavy atom. The van der Waals surface area contributed by atoms with Crippen LogP contribution in [0.25, 0.3) is 93.4 Å². The highest BCUT2D eigenvalue weighted by Crippen LogP contribution is 2.37. The molecule has 0 amide bonds. The van der Waals surface area contributed by atoms with Crippen molar-refractivity contribution in [3.63, 3.8) is 0 Å². The molecule has 0 saturated heterocycles. The van der Waals surface area contributed by atoms with Gasteiger partial charge in [0.1, 0.15) is 67.6 Å². The maximum Gasteiger partial charge on any atom is 0.369 e. The van der Waals surface area contributed by atoms with Gasteiger partial charge in [-0.1, -0.05) is 41.1 Å². The first-order valence-corrected chi connectivity index (χ1v) is 42.9. The Kier molecular flexibility index (Phi) is 34.6. The van der Waals surface area contributed by atoms with Gasteiger partial charge < -0.3 is 35.9 Å². The summed E-state index contributed by atoms with van der Waals surface area (Å²) in [6.45, 7) is 6.28. The van der Waals surface area contributed by atoms with Gasteiger partial charge in [0.05, 0.1) is 70.2 Å². The van der Waals surface area contributed by atoms with E-state index in [2.05, 4.69) is 175 Å². The van der Waals surface area contributed by atoms with Crippen LogP contribution in [0.3, 0.4) is 0 Å². The Morgan fingerprint density at radius 1 is 0.470 bits per heavy atom. The van der Waals surface area contributed by atoms with Gasteiger partial charge in [0.25, 0.3) is 12.2 Å². The van der Waals surface area contributed by atoms with E-state index < -0.39 is 16.8 Å². The maximum absolute atomic E-state index is 13.1. The number of benzene rings is 7. The number of thiazole rings is 5.